The van der Waals surface area contributed by atoms with Crippen molar-refractivity contribution in [2.45, 2.75) is 32.2 Å². The van der Waals surface area contributed by atoms with Crippen LogP contribution in [0.15, 0.2) is 42.3 Å². The van der Waals surface area contributed by atoms with Gasteiger partial charge in [0.1, 0.15) is 23.9 Å². The van der Waals surface area contributed by atoms with Gasteiger partial charge in [-0.15, -0.1) is 0 Å². The number of Topliss-reactive ketones (excluding diaryl/α,β-unsaturated/α-hetero) is 1. The van der Waals surface area contributed by atoms with E-state index < -0.39 is 23.7 Å². The van der Waals surface area contributed by atoms with Gasteiger partial charge in [-0.1, -0.05) is 32.1 Å². The molecule has 0 saturated heterocycles. The van der Waals surface area contributed by atoms with Gasteiger partial charge in [0.2, 0.25) is 0 Å². The van der Waals surface area contributed by atoms with Gasteiger partial charge in [-0.3, -0.25) is 9.48 Å². The third-order valence-corrected chi connectivity index (χ3v) is 5.66. The number of aryl methyl sites for hydroxylation is 1. The van der Waals surface area contributed by atoms with Crippen LogP contribution in [0.3, 0.4) is 0 Å². The first kappa shape index (κ1) is 20.0. The molecule has 2 atom stereocenters. The van der Waals surface area contributed by atoms with Crippen LogP contribution in [0.4, 0.5) is 10.1 Å². The molecule has 30 heavy (non-hydrogen) atoms. The summed E-state index contributed by atoms with van der Waals surface area (Å²) in [5.41, 5.74) is 1.19. The minimum Gasteiger partial charge on any atom is -0.465 e. The van der Waals surface area contributed by atoms with Crippen LogP contribution in [0.2, 0.25) is 0 Å². The maximum absolute atomic E-state index is 14.3. The molecule has 0 fully saturated rings. The van der Waals surface area contributed by atoms with Crippen LogP contribution < -0.4 is 5.32 Å². The Labute approximate surface area is 173 Å². The number of allylic oxidation sites excluding steroid dienone is 2. The zero-order chi connectivity index (χ0) is 21.6. The molecule has 4 rings (SSSR count). The van der Waals surface area contributed by atoms with E-state index in [1.165, 1.54) is 19.5 Å². The minimum absolute atomic E-state index is 0.0184. The van der Waals surface area contributed by atoms with Crippen molar-refractivity contribution < 1.29 is 18.7 Å². The number of carbonyl (C=O) groups excluding carboxylic acids is 2. The number of hydrogen-bond acceptors (Lipinski definition) is 6. The van der Waals surface area contributed by atoms with E-state index in [1.54, 1.807) is 11.7 Å². The number of nitrogens with one attached hydrogen (secondary N) is 1. The third-order valence-electron chi connectivity index (χ3n) is 5.66. The summed E-state index contributed by atoms with van der Waals surface area (Å²) in [7, 11) is 2.91. The molecule has 0 amide bonds. The van der Waals surface area contributed by atoms with E-state index >= 15 is 0 Å². The summed E-state index contributed by atoms with van der Waals surface area (Å²) in [5, 5.41) is 7.39. The third kappa shape index (κ3) is 3.32. The van der Waals surface area contributed by atoms with E-state index in [0.717, 1.165) is 18.1 Å². The molecular formula is C22H23FN4O3. The van der Waals surface area contributed by atoms with Crippen molar-refractivity contribution in [3.05, 3.63) is 65.0 Å². The van der Waals surface area contributed by atoms with Crippen LogP contribution in [-0.4, -0.2) is 39.7 Å². The standard InChI is InChI=1S/C22H23FN4O3/c1-22(2)7-5-12(6-8-22)18-17(20-24-11-25-27(20)3)19(28)16-14(21(29)30-4)9-13(23)10-15(16)26-18/h5-7,9-11,17-18,26H,8H2,1-4H3. The van der Waals surface area contributed by atoms with Crippen LogP contribution in [0, 0.1) is 11.2 Å². The number of aromatic nitrogens is 3. The van der Waals surface area contributed by atoms with E-state index in [2.05, 4.69) is 41.4 Å². The summed E-state index contributed by atoms with van der Waals surface area (Å²) in [4.78, 5) is 30.3. The predicted molar refractivity (Wildman–Crippen MR) is 109 cm³/mol. The number of ketones is 1. The van der Waals surface area contributed by atoms with E-state index in [4.69, 9.17) is 4.74 Å². The molecule has 156 valence electrons. The summed E-state index contributed by atoms with van der Waals surface area (Å²) < 4.78 is 20.6. The summed E-state index contributed by atoms with van der Waals surface area (Å²) in [6.45, 7) is 4.26. The minimum atomic E-state index is -0.769. The fourth-order valence-electron chi connectivity index (χ4n) is 4.01. The lowest BCUT2D eigenvalue weighted by Crippen LogP contribution is -2.41. The zero-order valence-electron chi connectivity index (χ0n) is 17.3. The van der Waals surface area contributed by atoms with Crippen LogP contribution >= 0.6 is 0 Å². The van der Waals surface area contributed by atoms with E-state index in [9.17, 15) is 14.0 Å². The topological polar surface area (TPSA) is 86.1 Å². The first-order valence-electron chi connectivity index (χ1n) is 9.67. The number of ether oxygens (including phenoxy) is 1. The Morgan fingerprint density at radius 3 is 2.73 bits per heavy atom. The van der Waals surface area contributed by atoms with Crippen molar-refractivity contribution in [2.75, 3.05) is 12.4 Å². The molecule has 1 aromatic carbocycles. The molecule has 0 radical (unpaired) electrons. The van der Waals surface area contributed by atoms with Gasteiger partial charge in [-0.05, 0) is 29.5 Å². The van der Waals surface area contributed by atoms with Gasteiger partial charge < -0.3 is 10.1 Å². The number of esters is 1. The smallest absolute Gasteiger partial charge is 0.338 e. The van der Waals surface area contributed by atoms with E-state index in [1.807, 2.05) is 6.08 Å². The Morgan fingerprint density at radius 1 is 1.37 bits per heavy atom. The molecule has 1 aliphatic heterocycles. The second-order valence-corrected chi connectivity index (χ2v) is 8.30. The summed E-state index contributed by atoms with van der Waals surface area (Å²) in [5.74, 6) is -2.00. The number of methoxy groups -OCH3 is 1. The summed E-state index contributed by atoms with van der Waals surface area (Å²) >= 11 is 0. The molecule has 2 aromatic rings. The lowest BCUT2D eigenvalue weighted by Gasteiger charge is -2.36. The van der Waals surface area contributed by atoms with Gasteiger partial charge in [0.05, 0.1) is 24.3 Å². The highest BCUT2D eigenvalue weighted by atomic mass is 19.1. The number of carbonyl (C=O) groups is 2. The maximum Gasteiger partial charge on any atom is 0.338 e. The van der Waals surface area contributed by atoms with Crippen molar-refractivity contribution >= 4 is 17.4 Å². The molecular weight excluding hydrogens is 387 g/mol. The van der Waals surface area contributed by atoms with Crippen LogP contribution in [0.25, 0.3) is 0 Å². The first-order chi connectivity index (χ1) is 14.2. The molecule has 1 aliphatic carbocycles. The fraction of sp³-hybridized carbons (Fsp3) is 0.364. The van der Waals surface area contributed by atoms with Crippen LogP contribution in [0.1, 0.15) is 52.7 Å². The number of nitrogens with zero attached hydrogens (tertiary/aromatic N) is 3. The van der Waals surface area contributed by atoms with Gasteiger partial charge in [0.25, 0.3) is 0 Å². The highest BCUT2D eigenvalue weighted by Gasteiger charge is 2.43. The number of hydrogen-bond donors (Lipinski definition) is 1. The molecule has 8 heteroatoms. The number of halogens is 1. The number of rotatable bonds is 3. The van der Waals surface area contributed by atoms with Crippen molar-refractivity contribution in [2.24, 2.45) is 12.5 Å². The van der Waals surface area contributed by atoms with Gasteiger partial charge >= 0.3 is 5.97 Å². The lowest BCUT2D eigenvalue weighted by molar-refractivity contribution is 0.0595. The molecule has 1 aromatic heterocycles. The molecule has 2 aliphatic rings. The highest BCUT2D eigenvalue weighted by Crippen LogP contribution is 2.41. The molecule has 0 saturated carbocycles. The van der Waals surface area contributed by atoms with E-state index in [-0.39, 0.29) is 28.0 Å². The SMILES string of the molecule is COC(=O)c1cc(F)cc2c1C(=O)C(c1ncnn1C)C(C1=CCC(C)(C)C=C1)N2. The number of fused-ring (bicyclic) bond motifs is 1. The average molecular weight is 410 g/mol. The Morgan fingerprint density at radius 2 is 2.13 bits per heavy atom. The molecule has 0 bridgehead atoms. The van der Waals surface area contributed by atoms with Crippen molar-refractivity contribution in [3.63, 3.8) is 0 Å². The van der Waals surface area contributed by atoms with Crippen LogP contribution in [0.5, 0.6) is 0 Å². The van der Waals surface area contributed by atoms with Gasteiger partial charge in [0.15, 0.2) is 5.78 Å². The van der Waals surface area contributed by atoms with Crippen LogP contribution in [-0.2, 0) is 11.8 Å². The van der Waals surface area contributed by atoms with E-state index in [0.29, 0.717) is 5.82 Å². The van der Waals surface area contributed by atoms with Crippen molar-refractivity contribution in [1.82, 2.24) is 14.8 Å². The Bertz CT molecular complexity index is 1100. The lowest BCUT2D eigenvalue weighted by atomic mass is 9.76. The Balaban J connectivity index is 1.89. The van der Waals surface area contributed by atoms with Gasteiger partial charge in [0, 0.05) is 12.7 Å². The van der Waals surface area contributed by atoms with Crippen molar-refractivity contribution in [3.8, 4) is 0 Å². The number of benzene rings is 1. The molecule has 2 heterocycles. The Hall–Kier alpha value is -3.29. The van der Waals surface area contributed by atoms with Crippen molar-refractivity contribution in [1.29, 1.82) is 0 Å². The quantitative estimate of drug-likeness (QED) is 0.781. The maximum atomic E-state index is 14.3. The van der Waals surface area contributed by atoms with Gasteiger partial charge in [-0.25, -0.2) is 14.2 Å². The summed E-state index contributed by atoms with van der Waals surface area (Å²) in [6, 6.07) is 1.78. The highest BCUT2D eigenvalue weighted by molar-refractivity contribution is 6.14. The fourth-order valence-corrected chi connectivity index (χ4v) is 4.01. The van der Waals surface area contributed by atoms with Gasteiger partial charge in [-0.2, -0.15) is 5.10 Å². The summed E-state index contributed by atoms with van der Waals surface area (Å²) in [6.07, 6.45) is 8.36. The monoisotopic (exact) mass is 410 g/mol. The molecule has 2 unspecified atom stereocenters. The Kier molecular flexibility index (Phi) is 4.80. The second kappa shape index (κ2) is 7.19. The first-order valence-corrected chi connectivity index (χ1v) is 9.67. The molecule has 0 spiro atoms. The average Bonchev–Trinajstić information content (AvgIpc) is 3.11. The second-order valence-electron chi connectivity index (χ2n) is 8.30. The normalized spacial score (nSPS) is 22.2. The zero-order valence-corrected chi connectivity index (χ0v) is 17.3. The largest absolute Gasteiger partial charge is 0.465 e. The predicted octanol–water partition coefficient (Wildman–Crippen LogP) is 3.41. The number of anilines is 1. The molecule has 1 N–H and O–H groups in total. The molecule has 7 nitrogen and oxygen atoms in total.